The number of carbonyl (C=O) groups excluding carboxylic acids is 1. The summed E-state index contributed by atoms with van der Waals surface area (Å²) in [5.74, 6) is 0.791. The fraction of sp³-hybridized carbons (Fsp3) is 0.650. The van der Waals surface area contributed by atoms with Gasteiger partial charge in [-0.3, -0.25) is 4.79 Å². The van der Waals surface area contributed by atoms with Crippen LogP contribution in [0, 0.1) is 20.8 Å². The molecule has 1 atom stereocenters. The summed E-state index contributed by atoms with van der Waals surface area (Å²) in [6.07, 6.45) is 4.96. The molecule has 0 bridgehead atoms. The lowest BCUT2D eigenvalue weighted by molar-refractivity contribution is -0.123. The summed E-state index contributed by atoms with van der Waals surface area (Å²) in [6.45, 7) is 11.5. The number of ether oxygens (including phenoxy) is 1. The number of amides is 1. The zero-order chi connectivity index (χ0) is 17.5. The molecule has 1 aromatic carbocycles. The second kappa shape index (κ2) is 9.07. The highest BCUT2D eigenvalue weighted by molar-refractivity contribution is 5.77. The van der Waals surface area contributed by atoms with Crippen LogP contribution in [-0.2, 0) is 4.79 Å². The molecule has 24 heavy (non-hydrogen) atoms. The Morgan fingerprint density at radius 2 is 1.96 bits per heavy atom. The summed E-state index contributed by atoms with van der Waals surface area (Å²) in [5, 5.41) is 2.97. The maximum atomic E-state index is 12.0. The molecule has 1 N–H and O–H groups in total. The SMILES string of the molecule is Cc1cc(C)c(OCC(=O)NCCCN2CCCC[C@H]2C)c(C)c1. The standard InChI is InChI=1S/C20H32N2O2/c1-15-12-16(2)20(17(3)13-15)24-14-19(23)21-9-7-11-22-10-6-5-8-18(22)4/h12-13,18H,5-11,14H2,1-4H3,(H,21,23)/t18-/m1/s1. The maximum Gasteiger partial charge on any atom is 0.257 e. The normalized spacial score (nSPS) is 18.4. The molecule has 0 saturated carbocycles. The number of rotatable bonds is 7. The number of hydrogen-bond donors (Lipinski definition) is 1. The Bertz CT molecular complexity index is 534. The van der Waals surface area contributed by atoms with Crippen molar-refractivity contribution in [3.8, 4) is 5.75 Å². The Labute approximate surface area is 146 Å². The maximum absolute atomic E-state index is 12.0. The van der Waals surface area contributed by atoms with Gasteiger partial charge in [-0.2, -0.15) is 0 Å². The van der Waals surface area contributed by atoms with Crippen LogP contribution in [0.5, 0.6) is 5.75 Å². The van der Waals surface area contributed by atoms with Crippen LogP contribution in [0.1, 0.15) is 49.3 Å². The highest BCUT2D eigenvalue weighted by atomic mass is 16.5. The first-order valence-corrected chi connectivity index (χ1v) is 9.18. The molecule has 0 aliphatic carbocycles. The minimum Gasteiger partial charge on any atom is -0.483 e. The predicted octanol–water partition coefficient (Wildman–Crippen LogP) is 3.37. The van der Waals surface area contributed by atoms with Gasteiger partial charge in [0.05, 0.1) is 0 Å². The molecule has 4 heteroatoms. The molecule has 1 saturated heterocycles. The fourth-order valence-electron chi connectivity index (χ4n) is 3.58. The quantitative estimate of drug-likeness (QED) is 0.778. The first-order valence-electron chi connectivity index (χ1n) is 9.18. The van der Waals surface area contributed by atoms with Gasteiger partial charge in [-0.1, -0.05) is 24.1 Å². The molecule has 1 amide bonds. The van der Waals surface area contributed by atoms with Crippen LogP contribution < -0.4 is 10.1 Å². The number of piperidine rings is 1. The van der Waals surface area contributed by atoms with E-state index < -0.39 is 0 Å². The largest absolute Gasteiger partial charge is 0.483 e. The van der Waals surface area contributed by atoms with E-state index in [0.717, 1.165) is 36.4 Å². The second-order valence-corrected chi connectivity index (χ2v) is 7.10. The smallest absolute Gasteiger partial charge is 0.257 e. The average molecular weight is 332 g/mol. The monoisotopic (exact) mass is 332 g/mol. The van der Waals surface area contributed by atoms with E-state index in [1.165, 1.54) is 31.4 Å². The van der Waals surface area contributed by atoms with Gasteiger partial charge in [0.25, 0.3) is 5.91 Å². The van der Waals surface area contributed by atoms with Gasteiger partial charge in [-0.05, 0) is 64.6 Å². The van der Waals surface area contributed by atoms with Gasteiger partial charge in [-0.25, -0.2) is 0 Å². The van der Waals surface area contributed by atoms with Gasteiger partial charge in [0, 0.05) is 19.1 Å². The van der Waals surface area contributed by atoms with Crippen LogP contribution >= 0.6 is 0 Å². The molecule has 4 nitrogen and oxygen atoms in total. The summed E-state index contributed by atoms with van der Waals surface area (Å²) < 4.78 is 5.73. The van der Waals surface area contributed by atoms with Crippen molar-refractivity contribution in [2.45, 2.75) is 59.4 Å². The molecule has 0 spiro atoms. The molecule has 1 aliphatic heterocycles. The summed E-state index contributed by atoms with van der Waals surface area (Å²) in [4.78, 5) is 14.5. The number of nitrogens with one attached hydrogen (secondary N) is 1. The summed E-state index contributed by atoms with van der Waals surface area (Å²) in [7, 11) is 0. The van der Waals surface area contributed by atoms with E-state index in [1.807, 2.05) is 13.8 Å². The average Bonchev–Trinajstić information content (AvgIpc) is 2.52. The highest BCUT2D eigenvalue weighted by Crippen LogP contribution is 2.24. The third-order valence-electron chi connectivity index (χ3n) is 4.84. The van der Waals surface area contributed by atoms with Gasteiger partial charge >= 0.3 is 0 Å². The van der Waals surface area contributed by atoms with Crippen LogP contribution in [0.2, 0.25) is 0 Å². The molecule has 2 rings (SSSR count). The van der Waals surface area contributed by atoms with Gasteiger partial charge in [-0.15, -0.1) is 0 Å². The molecule has 0 aromatic heterocycles. The first kappa shape index (κ1) is 18.8. The van der Waals surface area contributed by atoms with Crippen molar-refractivity contribution in [2.75, 3.05) is 26.2 Å². The summed E-state index contributed by atoms with van der Waals surface area (Å²) >= 11 is 0. The van der Waals surface area contributed by atoms with Gasteiger partial charge in [0.2, 0.25) is 0 Å². The van der Waals surface area contributed by atoms with Gasteiger partial charge < -0.3 is 15.0 Å². The third-order valence-corrected chi connectivity index (χ3v) is 4.84. The van der Waals surface area contributed by atoms with Crippen LogP contribution in [0.25, 0.3) is 0 Å². The Kier molecular flexibility index (Phi) is 7.10. The lowest BCUT2D eigenvalue weighted by Gasteiger charge is -2.33. The van der Waals surface area contributed by atoms with Crippen molar-refractivity contribution in [1.29, 1.82) is 0 Å². The number of nitrogens with zero attached hydrogens (tertiary/aromatic N) is 1. The number of likely N-dealkylation sites (tertiary alicyclic amines) is 1. The van der Waals surface area contributed by atoms with Gasteiger partial charge in [0.1, 0.15) is 5.75 Å². The van der Waals surface area contributed by atoms with E-state index in [9.17, 15) is 4.79 Å². The summed E-state index contributed by atoms with van der Waals surface area (Å²) in [5.41, 5.74) is 3.38. The van der Waals surface area contributed by atoms with Crippen molar-refractivity contribution in [3.05, 3.63) is 28.8 Å². The molecule has 0 radical (unpaired) electrons. The number of carbonyl (C=O) groups is 1. The summed E-state index contributed by atoms with van der Waals surface area (Å²) in [6, 6.07) is 4.85. The molecular weight excluding hydrogens is 300 g/mol. The minimum atomic E-state index is -0.0407. The van der Waals surface area contributed by atoms with Crippen molar-refractivity contribution in [2.24, 2.45) is 0 Å². The van der Waals surface area contributed by atoms with Crippen molar-refractivity contribution in [3.63, 3.8) is 0 Å². The Morgan fingerprint density at radius 1 is 1.25 bits per heavy atom. The van der Waals surface area contributed by atoms with Crippen molar-refractivity contribution in [1.82, 2.24) is 10.2 Å². The van der Waals surface area contributed by atoms with E-state index in [2.05, 4.69) is 36.2 Å². The fourth-order valence-corrected chi connectivity index (χ4v) is 3.58. The predicted molar refractivity (Wildman–Crippen MR) is 98.7 cm³/mol. The molecule has 134 valence electrons. The zero-order valence-electron chi connectivity index (χ0n) is 15.7. The van der Waals surface area contributed by atoms with Crippen LogP contribution in [-0.4, -0.2) is 43.1 Å². The Hall–Kier alpha value is -1.55. The van der Waals surface area contributed by atoms with Crippen LogP contribution in [0.3, 0.4) is 0 Å². The van der Waals surface area contributed by atoms with E-state index in [0.29, 0.717) is 6.04 Å². The van der Waals surface area contributed by atoms with Crippen LogP contribution in [0.15, 0.2) is 12.1 Å². The number of aryl methyl sites for hydroxylation is 3. The molecule has 1 fully saturated rings. The zero-order valence-corrected chi connectivity index (χ0v) is 15.7. The van der Waals surface area contributed by atoms with E-state index in [-0.39, 0.29) is 12.5 Å². The molecule has 1 aliphatic rings. The minimum absolute atomic E-state index is 0.0407. The van der Waals surface area contributed by atoms with E-state index in [1.54, 1.807) is 0 Å². The number of hydrogen-bond acceptors (Lipinski definition) is 3. The van der Waals surface area contributed by atoms with Crippen molar-refractivity contribution >= 4 is 5.91 Å². The van der Waals surface area contributed by atoms with E-state index >= 15 is 0 Å². The molecule has 1 heterocycles. The molecule has 1 aromatic rings. The Balaban J connectivity index is 1.67. The van der Waals surface area contributed by atoms with Crippen LogP contribution in [0.4, 0.5) is 0 Å². The lowest BCUT2D eigenvalue weighted by Crippen LogP contribution is -2.39. The topological polar surface area (TPSA) is 41.6 Å². The first-order chi connectivity index (χ1) is 11.5. The highest BCUT2D eigenvalue weighted by Gasteiger charge is 2.17. The molecular formula is C20H32N2O2. The lowest BCUT2D eigenvalue weighted by atomic mass is 10.0. The second-order valence-electron chi connectivity index (χ2n) is 7.10. The third kappa shape index (κ3) is 5.52. The van der Waals surface area contributed by atoms with E-state index in [4.69, 9.17) is 4.74 Å². The van der Waals surface area contributed by atoms with Gasteiger partial charge in [0.15, 0.2) is 6.61 Å². The Morgan fingerprint density at radius 3 is 2.62 bits per heavy atom. The number of benzene rings is 1. The molecule has 0 unspecified atom stereocenters. The van der Waals surface area contributed by atoms with Crippen molar-refractivity contribution < 1.29 is 9.53 Å².